The number of benzene rings is 1. The van der Waals surface area contributed by atoms with Gasteiger partial charge in [0.2, 0.25) is 5.91 Å². The number of nitrogens with zero attached hydrogens (tertiary/aromatic N) is 2. The Morgan fingerprint density at radius 1 is 1.16 bits per heavy atom. The summed E-state index contributed by atoms with van der Waals surface area (Å²) >= 11 is 7.17. The van der Waals surface area contributed by atoms with Gasteiger partial charge in [-0.25, -0.2) is 0 Å². The van der Waals surface area contributed by atoms with Crippen molar-refractivity contribution in [3.63, 3.8) is 0 Å². The minimum atomic E-state index is -0.132. The van der Waals surface area contributed by atoms with Gasteiger partial charge in [-0.05, 0) is 55.8 Å². The van der Waals surface area contributed by atoms with Crippen molar-refractivity contribution in [2.24, 2.45) is 5.92 Å². The molecule has 2 fully saturated rings. The van der Waals surface area contributed by atoms with Crippen LogP contribution < -0.4 is 10.2 Å². The molecule has 31 heavy (non-hydrogen) atoms. The summed E-state index contributed by atoms with van der Waals surface area (Å²) in [6, 6.07) is 11.9. The number of carbonyl (C=O) groups excluding carboxylic acids is 2. The molecule has 2 aromatic rings. The first-order valence-corrected chi connectivity index (χ1v) is 12.2. The third kappa shape index (κ3) is 5.30. The molecule has 2 amide bonds. The van der Waals surface area contributed by atoms with E-state index in [0.29, 0.717) is 28.7 Å². The van der Waals surface area contributed by atoms with E-state index >= 15 is 0 Å². The van der Waals surface area contributed by atoms with Crippen molar-refractivity contribution in [2.75, 3.05) is 37.6 Å². The Bertz CT molecular complexity index is 935. The minimum absolute atomic E-state index is 0.0788. The number of rotatable bonds is 7. The topological polar surface area (TPSA) is 52.6 Å². The van der Waals surface area contributed by atoms with Crippen LogP contribution in [0.5, 0.6) is 0 Å². The quantitative estimate of drug-likeness (QED) is 0.660. The van der Waals surface area contributed by atoms with Gasteiger partial charge in [-0.3, -0.25) is 9.59 Å². The first-order valence-electron chi connectivity index (χ1n) is 11.0. The summed E-state index contributed by atoms with van der Waals surface area (Å²) in [5.41, 5.74) is 2.31. The number of hydrogen-bond acceptors (Lipinski definition) is 4. The summed E-state index contributed by atoms with van der Waals surface area (Å²) in [7, 11) is 0. The number of thiophene rings is 1. The fourth-order valence-electron chi connectivity index (χ4n) is 4.61. The fraction of sp³-hybridized carbons (Fsp3) is 0.500. The number of anilines is 1. The summed E-state index contributed by atoms with van der Waals surface area (Å²) < 4.78 is 0.597. The molecule has 1 aromatic heterocycles. The molecular formula is C24H30ClN3O2S. The van der Waals surface area contributed by atoms with Crippen LogP contribution in [0.4, 0.5) is 5.69 Å². The average Bonchev–Trinajstić information content (AvgIpc) is 3.48. The van der Waals surface area contributed by atoms with E-state index in [1.807, 2.05) is 4.90 Å². The predicted molar refractivity (Wildman–Crippen MR) is 127 cm³/mol. The van der Waals surface area contributed by atoms with Crippen molar-refractivity contribution in [3.05, 3.63) is 51.2 Å². The van der Waals surface area contributed by atoms with Gasteiger partial charge >= 0.3 is 0 Å². The lowest BCUT2D eigenvalue weighted by Crippen LogP contribution is -2.35. The van der Waals surface area contributed by atoms with Crippen molar-refractivity contribution in [1.82, 2.24) is 10.2 Å². The maximum Gasteiger partial charge on any atom is 0.261 e. The molecule has 2 saturated heterocycles. The average molecular weight is 460 g/mol. The Hall–Kier alpha value is -1.89. The van der Waals surface area contributed by atoms with Crippen LogP contribution in [-0.4, -0.2) is 49.4 Å². The summed E-state index contributed by atoms with van der Waals surface area (Å²) in [5, 5.41) is 2.94. The largest absolute Gasteiger partial charge is 0.351 e. The fourth-order valence-corrected chi connectivity index (χ4v) is 5.57. The van der Waals surface area contributed by atoms with E-state index in [1.165, 1.54) is 42.8 Å². The normalized spacial score (nSPS) is 19.9. The monoisotopic (exact) mass is 459 g/mol. The molecule has 1 aromatic carbocycles. The molecule has 0 aliphatic carbocycles. The van der Waals surface area contributed by atoms with Crippen LogP contribution in [0.3, 0.4) is 0 Å². The number of halogens is 1. The molecule has 2 aliphatic heterocycles. The highest BCUT2D eigenvalue weighted by Crippen LogP contribution is 2.30. The molecule has 3 heterocycles. The van der Waals surface area contributed by atoms with Crippen molar-refractivity contribution in [2.45, 2.75) is 38.5 Å². The van der Waals surface area contributed by atoms with E-state index < -0.39 is 0 Å². The number of carbonyl (C=O) groups is 2. The zero-order valence-electron chi connectivity index (χ0n) is 18.2. The molecule has 4 rings (SSSR count). The lowest BCUT2D eigenvalue weighted by molar-refractivity contribution is -0.117. The SMILES string of the molecule is CC(C)(CN1CCCC1)c1ccc(N2CC(CNC(=O)c3ccc(Cl)s3)CC2=O)cc1. The lowest BCUT2D eigenvalue weighted by Gasteiger charge is -2.31. The Morgan fingerprint density at radius 3 is 2.52 bits per heavy atom. The van der Waals surface area contributed by atoms with Gasteiger partial charge < -0.3 is 15.1 Å². The van der Waals surface area contributed by atoms with Crippen LogP contribution in [0.15, 0.2) is 36.4 Å². The number of amides is 2. The van der Waals surface area contributed by atoms with E-state index in [9.17, 15) is 9.59 Å². The molecule has 166 valence electrons. The highest BCUT2D eigenvalue weighted by molar-refractivity contribution is 7.18. The second-order valence-corrected chi connectivity index (χ2v) is 11.0. The molecule has 0 bridgehead atoms. The lowest BCUT2D eigenvalue weighted by atomic mass is 9.84. The van der Waals surface area contributed by atoms with E-state index in [2.05, 4.69) is 48.3 Å². The second-order valence-electron chi connectivity index (χ2n) is 9.30. The Morgan fingerprint density at radius 2 is 1.87 bits per heavy atom. The van der Waals surface area contributed by atoms with Gasteiger partial charge in [-0.2, -0.15) is 0 Å². The van der Waals surface area contributed by atoms with E-state index in [0.717, 1.165) is 12.2 Å². The van der Waals surface area contributed by atoms with Crippen molar-refractivity contribution in [3.8, 4) is 0 Å². The van der Waals surface area contributed by atoms with Gasteiger partial charge in [0.1, 0.15) is 0 Å². The first kappa shape index (κ1) is 22.3. The summed E-state index contributed by atoms with van der Waals surface area (Å²) in [6.07, 6.45) is 3.05. The van der Waals surface area contributed by atoms with E-state index in [-0.39, 0.29) is 23.1 Å². The predicted octanol–water partition coefficient (Wildman–Crippen LogP) is 4.56. The molecule has 5 nitrogen and oxygen atoms in total. The summed E-state index contributed by atoms with van der Waals surface area (Å²) in [6.45, 7) is 9.15. The van der Waals surface area contributed by atoms with E-state index in [4.69, 9.17) is 11.6 Å². The van der Waals surface area contributed by atoms with Crippen LogP contribution in [0.2, 0.25) is 4.34 Å². The van der Waals surface area contributed by atoms with E-state index in [1.54, 1.807) is 12.1 Å². The van der Waals surface area contributed by atoms with Crippen molar-refractivity contribution < 1.29 is 9.59 Å². The smallest absolute Gasteiger partial charge is 0.261 e. The van der Waals surface area contributed by atoms with Crippen LogP contribution in [-0.2, 0) is 10.2 Å². The minimum Gasteiger partial charge on any atom is -0.351 e. The molecule has 1 N–H and O–H groups in total. The van der Waals surface area contributed by atoms with Crippen molar-refractivity contribution in [1.29, 1.82) is 0 Å². The molecule has 0 saturated carbocycles. The highest BCUT2D eigenvalue weighted by Gasteiger charge is 2.31. The Kier molecular flexibility index (Phi) is 6.70. The molecule has 0 spiro atoms. The van der Waals surface area contributed by atoms with Gasteiger partial charge in [0.25, 0.3) is 5.91 Å². The van der Waals surface area contributed by atoms with Crippen LogP contribution >= 0.6 is 22.9 Å². The first-order chi connectivity index (χ1) is 14.8. The Labute approximate surface area is 193 Å². The van der Waals surface area contributed by atoms with Gasteiger partial charge in [0.05, 0.1) is 9.21 Å². The summed E-state index contributed by atoms with van der Waals surface area (Å²) in [4.78, 5) is 29.8. The molecule has 2 aliphatic rings. The maximum atomic E-state index is 12.6. The molecule has 1 atom stereocenters. The number of hydrogen-bond donors (Lipinski definition) is 1. The molecule has 0 radical (unpaired) electrons. The standard InChI is InChI=1S/C24H30ClN3O2S/c1-24(2,16-27-11-3-4-12-27)18-5-7-19(8-6-18)28-15-17(13-22(28)29)14-26-23(30)20-9-10-21(25)31-20/h5-10,17H,3-4,11-16H2,1-2H3,(H,26,30). The van der Waals surface area contributed by atoms with Crippen LogP contribution in [0, 0.1) is 5.92 Å². The molecular weight excluding hydrogens is 430 g/mol. The Balaban J connectivity index is 1.34. The maximum absolute atomic E-state index is 12.6. The zero-order valence-corrected chi connectivity index (χ0v) is 19.8. The van der Waals surface area contributed by atoms with Gasteiger partial charge in [0, 0.05) is 43.1 Å². The summed E-state index contributed by atoms with van der Waals surface area (Å²) in [5.74, 6) is 0.0908. The van der Waals surface area contributed by atoms with Crippen LogP contribution in [0.1, 0.15) is 48.3 Å². The third-order valence-corrected chi connectivity index (χ3v) is 7.56. The number of likely N-dealkylation sites (tertiary alicyclic amines) is 1. The second kappa shape index (κ2) is 9.31. The van der Waals surface area contributed by atoms with Gasteiger partial charge in [-0.1, -0.05) is 37.6 Å². The highest BCUT2D eigenvalue weighted by atomic mass is 35.5. The number of nitrogens with one attached hydrogen (secondary N) is 1. The zero-order chi connectivity index (χ0) is 22.0. The van der Waals surface area contributed by atoms with Crippen LogP contribution in [0.25, 0.3) is 0 Å². The molecule has 1 unspecified atom stereocenters. The van der Waals surface area contributed by atoms with Crippen molar-refractivity contribution >= 4 is 40.4 Å². The van der Waals surface area contributed by atoms with Gasteiger partial charge in [-0.15, -0.1) is 11.3 Å². The van der Waals surface area contributed by atoms with Gasteiger partial charge in [0.15, 0.2) is 0 Å². The molecule has 7 heteroatoms. The third-order valence-electron chi connectivity index (χ3n) is 6.33.